The zero-order valence-electron chi connectivity index (χ0n) is 15.4. The lowest BCUT2D eigenvalue weighted by Crippen LogP contribution is -2.48. The number of nitrogens with zero attached hydrogens (tertiary/aromatic N) is 4. The van der Waals surface area contributed by atoms with Crippen molar-refractivity contribution in [3.05, 3.63) is 58.4 Å². The Morgan fingerprint density at radius 1 is 1.22 bits per heavy atom. The van der Waals surface area contributed by atoms with Crippen LogP contribution in [0.25, 0.3) is 6.08 Å². The van der Waals surface area contributed by atoms with Crippen molar-refractivity contribution in [2.45, 2.75) is 19.9 Å². The van der Waals surface area contributed by atoms with Crippen molar-refractivity contribution in [1.29, 1.82) is 0 Å². The summed E-state index contributed by atoms with van der Waals surface area (Å²) in [4.78, 5) is 25.1. The van der Waals surface area contributed by atoms with Crippen LogP contribution in [0.5, 0.6) is 0 Å². The van der Waals surface area contributed by atoms with Gasteiger partial charge < -0.3 is 5.32 Å². The Hall–Kier alpha value is -2.80. The number of carbonyl (C=O) groups excluding carboxylic acids is 2. The number of aryl methyl sites for hydroxylation is 2. The smallest absolute Gasteiger partial charge is 0.332 e. The highest BCUT2D eigenvalue weighted by Gasteiger charge is 2.29. The summed E-state index contributed by atoms with van der Waals surface area (Å²) in [5, 5.41) is 10.4. The standard InChI is InChI=1S/C19H22ClN5O2/c1-14-16(18(20)23(2)22-14)9-10-17(26)24-11-6-12-25(24)19(27)21-13-15-7-4-3-5-8-15/h3-5,7-10H,6,11-13H2,1-2H3,(H,21,27). The molecule has 2 aromatic rings. The van der Waals surface area contributed by atoms with Gasteiger partial charge >= 0.3 is 6.03 Å². The Labute approximate surface area is 163 Å². The Kier molecular flexibility index (Phi) is 5.81. The monoisotopic (exact) mass is 387 g/mol. The van der Waals surface area contributed by atoms with E-state index in [0.29, 0.717) is 30.4 Å². The summed E-state index contributed by atoms with van der Waals surface area (Å²) in [5.74, 6) is -0.262. The molecule has 27 heavy (non-hydrogen) atoms. The van der Waals surface area contributed by atoms with Crippen LogP contribution in [0, 0.1) is 6.92 Å². The number of benzene rings is 1. The molecule has 1 aromatic carbocycles. The molecular weight excluding hydrogens is 366 g/mol. The molecule has 2 heterocycles. The van der Waals surface area contributed by atoms with E-state index in [9.17, 15) is 9.59 Å². The fourth-order valence-electron chi connectivity index (χ4n) is 2.99. The quantitative estimate of drug-likeness (QED) is 0.820. The summed E-state index contributed by atoms with van der Waals surface area (Å²) in [6.45, 7) is 3.25. The Morgan fingerprint density at radius 3 is 2.59 bits per heavy atom. The van der Waals surface area contributed by atoms with Gasteiger partial charge in [-0.05, 0) is 25.0 Å². The number of aromatic nitrogens is 2. The second kappa shape index (κ2) is 8.26. The molecular formula is C19H22ClN5O2. The van der Waals surface area contributed by atoms with Crippen LogP contribution in [0.2, 0.25) is 5.15 Å². The average Bonchev–Trinajstić information content (AvgIpc) is 3.24. The van der Waals surface area contributed by atoms with E-state index >= 15 is 0 Å². The molecule has 1 N–H and O–H groups in total. The van der Waals surface area contributed by atoms with E-state index in [1.807, 2.05) is 37.3 Å². The fraction of sp³-hybridized carbons (Fsp3) is 0.316. The molecule has 142 valence electrons. The maximum absolute atomic E-state index is 12.6. The molecule has 0 atom stereocenters. The lowest BCUT2D eigenvalue weighted by molar-refractivity contribution is -0.134. The highest BCUT2D eigenvalue weighted by atomic mass is 35.5. The molecule has 0 radical (unpaired) electrons. The lowest BCUT2D eigenvalue weighted by atomic mass is 10.2. The molecule has 0 aliphatic carbocycles. The molecule has 0 saturated carbocycles. The minimum Gasteiger partial charge on any atom is -0.332 e. The van der Waals surface area contributed by atoms with Gasteiger partial charge in [-0.2, -0.15) is 5.10 Å². The second-order valence-electron chi connectivity index (χ2n) is 6.33. The number of carbonyl (C=O) groups is 2. The summed E-state index contributed by atoms with van der Waals surface area (Å²) in [5.41, 5.74) is 2.45. The zero-order valence-corrected chi connectivity index (χ0v) is 16.1. The summed E-state index contributed by atoms with van der Waals surface area (Å²) < 4.78 is 1.56. The highest BCUT2D eigenvalue weighted by molar-refractivity contribution is 6.31. The van der Waals surface area contributed by atoms with Crippen molar-refractivity contribution in [3.63, 3.8) is 0 Å². The third-order valence-electron chi connectivity index (χ3n) is 4.40. The van der Waals surface area contributed by atoms with E-state index in [0.717, 1.165) is 17.7 Å². The van der Waals surface area contributed by atoms with E-state index in [1.165, 1.54) is 16.1 Å². The molecule has 1 saturated heterocycles. The van der Waals surface area contributed by atoms with E-state index in [2.05, 4.69) is 10.4 Å². The van der Waals surface area contributed by atoms with Crippen molar-refractivity contribution in [2.75, 3.05) is 13.1 Å². The van der Waals surface area contributed by atoms with Crippen LogP contribution in [-0.2, 0) is 18.4 Å². The normalized spacial score (nSPS) is 14.2. The van der Waals surface area contributed by atoms with Crippen LogP contribution in [0.4, 0.5) is 4.79 Å². The summed E-state index contributed by atoms with van der Waals surface area (Å²) in [6.07, 6.45) is 3.81. The van der Waals surface area contributed by atoms with Gasteiger partial charge in [0.2, 0.25) is 0 Å². The predicted octanol–water partition coefficient (Wildman–Crippen LogP) is 2.75. The Bertz CT molecular complexity index is 862. The first kappa shape index (κ1) is 19.0. The van der Waals surface area contributed by atoms with Gasteiger partial charge in [0.25, 0.3) is 5.91 Å². The van der Waals surface area contributed by atoms with Crippen molar-refractivity contribution < 1.29 is 9.59 Å². The van der Waals surface area contributed by atoms with Gasteiger partial charge in [0.05, 0.1) is 5.69 Å². The van der Waals surface area contributed by atoms with E-state index in [1.54, 1.807) is 17.8 Å². The largest absolute Gasteiger partial charge is 0.336 e. The number of hydrazine groups is 1. The van der Waals surface area contributed by atoms with E-state index in [-0.39, 0.29) is 11.9 Å². The van der Waals surface area contributed by atoms with Gasteiger partial charge in [-0.25, -0.2) is 14.8 Å². The number of rotatable bonds is 4. The number of hydrogen-bond acceptors (Lipinski definition) is 3. The number of hydrogen-bond donors (Lipinski definition) is 1. The minimum atomic E-state index is -0.284. The van der Waals surface area contributed by atoms with Crippen molar-refractivity contribution >= 4 is 29.6 Å². The minimum absolute atomic E-state index is 0.262. The van der Waals surface area contributed by atoms with Crippen molar-refractivity contribution in [2.24, 2.45) is 7.05 Å². The van der Waals surface area contributed by atoms with Crippen LogP contribution in [0.1, 0.15) is 23.2 Å². The number of urea groups is 1. The number of amides is 3. The topological polar surface area (TPSA) is 70.5 Å². The molecule has 3 amide bonds. The van der Waals surface area contributed by atoms with Gasteiger partial charge in [0.15, 0.2) is 0 Å². The third-order valence-corrected chi connectivity index (χ3v) is 4.84. The van der Waals surface area contributed by atoms with E-state index in [4.69, 9.17) is 11.6 Å². The van der Waals surface area contributed by atoms with Gasteiger partial charge in [-0.1, -0.05) is 41.9 Å². The van der Waals surface area contributed by atoms with Crippen LogP contribution in [-0.4, -0.2) is 44.8 Å². The molecule has 8 heteroatoms. The summed E-state index contributed by atoms with van der Waals surface area (Å²) in [7, 11) is 1.74. The SMILES string of the molecule is Cc1nn(C)c(Cl)c1C=CC(=O)N1CCCN1C(=O)NCc1ccccc1. The predicted molar refractivity (Wildman–Crippen MR) is 104 cm³/mol. The first-order valence-electron chi connectivity index (χ1n) is 8.75. The average molecular weight is 388 g/mol. The molecule has 3 rings (SSSR count). The maximum atomic E-state index is 12.6. The molecule has 0 spiro atoms. The molecule has 1 aliphatic rings. The lowest BCUT2D eigenvalue weighted by Gasteiger charge is -2.27. The molecule has 7 nitrogen and oxygen atoms in total. The molecule has 1 aromatic heterocycles. The van der Waals surface area contributed by atoms with Gasteiger partial charge in [0, 0.05) is 38.3 Å². The second-order valence-corrected chi connectivity index (χ2v) is 6.69. The molecule has 1 aliphatic heterocycles. The Balaban J connectivity index is 1.63. The van der Waals surface area contributed by atoms with Gasteiger partial charge in [-0.3, -0.25) is 9.48 Å². The van der Waals surface area contributed by atoms with Crippen molar-refractivity contribution in [3.8, 4) is 0 Å². The zero-order chi connectivity index (χ0) is 19.4. The van der Waals surface area contributed by atoms with E-state index < -0.39 is 0 Å². The highest BCUT2D eigenvalue weighted by Crippen LogP contribution is 2.20. The summed E-state index contributed by atoms with van der Waals surface area (Å²) >= 11 is 6.19. The molecule has 0 bridgehead atoms. The Morgan fingerprint density at radius 2 is 1.93 bits per heavy atom. The number of halogens is 1. The van der Waals surface area contributed by atoms with Crippen molar-refractivity contribution in [1.82, 2.24) is 25.1 Å². The fourth-order valence-corrected chi connectivity index (χ4v) is 3.23. The maximum Gasteiger partial charge on any atom is 0.336 e. The van der Waals surface area contributed by atoms with Gasteiger partial charge in [-0.15, -0.1) is 0 Å². The van der Waals surface area contributed by atoms with Crippen LogP contribution in [0.3, 0.4) is 0 Å². The first-order chi connectivity index (χ1) is 13.0. The van der Waals surface area contributed by atoms with Crippen LogP contribution in [0.15, 0.2) is 36.4 Å². The van der Waals surface area contributed by atoms with Crippen LogP contribution >= 0.6 is 11.6 Å². The molecule has 1 fully saturated rings. The number of nitrogens with one attached hydrogen (secondary N) is 1. The molecule has 0 unspecified atom stereocenters. The van der Waals surface area contributed by atoms with Crippen LogP contribution < -0.4 is 5.32 Å². The van der Waals surface area contributed by atoms with Gasteiger partial charge in [0.1, 0.15) is 5.15 Å². The third kappa shape index (κ3) is 4.31. The summed E-state index contributed by atoms with van der Waals surface area (Å²) in [6, 6.07) is 9.36. The first-order valence-corrected chi connectivity index (χ1v) is 9.13.